The number of benzene rings is 1. The van der Waals surface area contributed by atoms with E-state index in [-0.39, 0.29) is 17.9 Å². The topological polar surface area (TPSA) is 71.3 Å². The van der Waals surface area contributed by atoms with E-state index in [4.69, 9.17) is 0 Å². The number of aryl methyl sites for hydroxylation is 1. The number of hydrogen-bond acceptors (Lipinski definition) is 4. The minimum Gasteiger partial charge on any atom is -0.340 e. The summed E-state index contributed by atoms with van der Waals surface area (Å²) < 4.78 is 1.73. The molecule has 0 N–H and O–H groups in total. The second-order valence-corrected chi connectivity index (χ2v) is 6.92. The van der Waals surface area contributed by atoms with Crippen molar-refractivity contribution in [2.45, 2.75) is 51.7 Å². The van der Waals surface area contributed by atoms with Gasteiger partial charge >= 0.3 is 0 Å². The van der Waals surface area contributed by atoms with Gasteiger partial charge in [-0.3, -0.25) is 14.3 Å². The van der Waals surface area contributed by atoms with Gasteiger partial charge in [0.05, 0.1) is 0 Å². The summed E-state index contributed by atoms with van der Waals surface area (Å²) in [6, 6.07) is 10.1. The molecule has 0 saturated carbocycles. The van der Waals surface area contributed by atoms with Crippen LogP contribution in [0.25, 0.3) is 0 Å². The van der Waals surface area contributed by atoms with Gasteiger partial charge in [-0.1, -0.05) is 37.3 Å². The largest absolute Gasteiger partial charge is 0.340 e. The Bertz CT molecular complexity index is 732. The van der Waals surface area contributed by atoms with Gasteiger partial charge in [0.15, 0.2) is 0 Å². The summed E-state index contributed by atoms with van der Waals surface area (Å²) in [5.41, 5.74) is 1.12. The van der Waals surface area contributed by atoms with E-state index in [1.54, 1.807) is 11.0 Å². The van der Waals surface area contributed by atoms with Gasteiger partial charge in [-0.2, -0.15) is 5.10 Å². The normalized spacial score (nSPS) is 17.8. The fourth-order valence-corrected chi connectivity index (χ4v) is 3.49. The van der Waals surface area contributed by atoms with Crippen LogP contribution in [0.2, 0.25) is 0 Å². The second kappa shape index (κ2) is 9.30. The van der Waals surface area contributed by atoms with Crippen LogP contribution in [0, 0.1) is 0 Å². The minimum absolute atomic E-state index is 0.0551. The third-order valence-electron chi connectivity index (χ3n) is 5.05. The molecule has 1 aliphatic heterocycles. The maximum atomic E-state index is 12.7. The van der Waals surface area contributed by atoms with Crippen LogP contribution in [-0.4, -0.2) is 55.5 Å². The molecule has 1 saturated heterocycles. The first-order valence-electron chi connectivity index (χ1n) is 9.61. The number of hydrogen-bond donors (Lipinski definition) is 0. The van der Waals surface area contributed by atoms with Crippen molar-refractivity contribution in [3.63, 3.8) is 0 Å². The fraction of sp³-hybridized carbons (Fsp3) is 0.500. The van der Waals surface area contributed by atoms with E-state index < -0.39 is 0 Å². The highest BCUT2D eigenvalue weighted by Crippen LogP contribution is 2.18. The lowest BCUT2D eigenvalue weighted by Crippen LogP contribution is -2.43. The first kappa shape index (κ1) is 19.1. The van der Waals surface area contributed by atoms with Crippen LogP contribution < -0.4 is 0 Å². The summed E-state index contributed by atoms with van der Waals surface area (Å²) >= 11 is 0. The number of rotatable bonds is 7. The Morgan fingerprint density at radius 3 is 2.78 bits per heavy atom. The van der Waals surface area contributed by atoms with Gasteiger partial charge in [-0.05, 0) is 18.4 Å². The molecule has 144 valence electrons. The average Bonchev–Trinajstić information content (AvgIpc) is 3.15. The van der Waals surface area contributed by atoms with E-state index in [1.807, 2.05) is 40.1 Å². The molecular formula is C20H27N5O2. The lowest BCUT2D eigenvalue weighted by molar-refractivity contribution is -0.133. The Labute approximate surface area is 160 Å². The zero-order valence-corrected chi connectivity index (χ0v) is 15.8. The Kier molecular flexibility index (Phi) is 6.57. The van der Waals surface area contributed by atoms with Crippen molar-refractivity contribution in [3.05, 3.63) is 48.5 Å². The third-order valence-corrected chi connectivity index (χ3v) is 5.05. The quantitative estimate of drug-likeness (QED) is 0.749. The highest BCUT2D eigenvalue weighted by molar-refractivity contribution is 5.80. The van der Waals surface area contributed by atoms with Gasteiger partial charge in [0.1, 0.15) is 12.7 Å². The maximum Gasteiger partial charge on any atom is 0.224 e. The van der Waals surface area contributed by atoms with Gasteiger partial charge in [-0.15, -0.1) is 0 Å². The number of aromatic nitrogens is 3. The summed E-state index contributed by atoms with van der Waals surface area (Å²) in [6.07, 6.45) is 5.55. The fourth-order valence-electron chi connectivity index (χ4n) is 3.49. The Hall–Kier alpha value is -2.70. The van der Waals surface area contributed by atoms with Crippen LogP contribution in [-0.2, 0) is 22.7 Å². The molecule has 2 aromatic rings. The Morgan fingerprint density at radius 2 is 2.07 bits per heavy atom. The minimum atomic E-state index is 0.0551. The van der Waals surface area contributed by atoms with E-state index in [2.05, 4.69) is 17.0 Å². The van der Waals surface area contributed by atoms with E-state index in [9.17, 15) is 9.59 Å². The highest BCUT2D eigenvalue weighted by Gasteiger charge is 2.30. The van der Waals surface area contributed by atoms with Crippen molar-refractivity contribution in [1.29, 1.82) is 0 Å². The van der Waals surface area contributed by atoms with Crippen molar-refractivity contribution in [2.24, 2.45) is 0 Å². The molecule has 3 rings (SSSR count). The highest BCUT2D eigenvalue weighted by atomic mass is 16.2. The van der Waals surface area contributed by atoms with Crippen molar-refractivity contribution in [2.75, 3.05) is 13.1 Å². The summed E-state index contributed by atoms with van der Waals surface area (Å²) in [4.78, 5) is 33.1. The molecule has 0 spiro atoms. The number of nitrogens with zero attached hydrogens (tertiary/aromatic N) is 5. The van der Waals surface area contributed by atoms with E-state index >= 15 is 0 Å². The van der Waals surface area contributed by atoms with Crippen molar-refractivity contribution in [3.8, 4) is 0 Å². The van der Waals surface area contributed by atoms with E-state index in [0.29, 0.717) is 39.0 Å². The zero-order chi connectivity index (χ0) is 19.1. The van der Waals surface area contributed by atoms with Gasteiger partial charge in [0.25, 0.3) is 0 Å². The second-order valence-electron chi connectivity index (χ2n) is 6.92. The summed E-state index contributed by atoms with van der Waals surface area (Å²) in [6.45, 7) is 4.47. The van der Waals surface area contributed by atoms with Crippen LogP contribution in [0.15, 0.2) is 43.0 Å². The van der Waals surface area contributed by atoms with Crippen LogP contribution >= 0.6 is 0 Å². The standard InChI is InChI=1S/C20H27N5O2/c1-2-18-14-23(19(26)9-6-11-24-16-21-15-22-24)12-10-20(27)25(18)13-17-7-4-3-5-8-17/h3-5,7-8,15-16,18H,2,6,9-14H2,1H3. The monoisotopic (exact) mass is 369 g/mol. The molecular weight excluding hydrogens is 342 g/mol. The van der Waals surface area contributed by atoms with E-state index in [0.717, 1.165) is 18.4 Å². The Balaban J connectivity index is 1.58. The molecule has 1 fully saturated rings. The van der Waals surface area contributed by atoms with Gasteiger partial charge in [-0.25, -0.2) is 4.98 Å². The predicted octanol–water partition coefficient (Wildman–Crippen LogP) is 2.10. The van der Waals surface area contributed by atoms with Crippen molar-refractivity contribution in [1.82, 2.24) is 24.6 Å². The van der Waals surface area contributed by atoms with Gasteiger partial charge < -0.3 is 9.80 Å². The zero-order valence-electron chi connectivity index (χ0n) is 15.8. The molecule has 1 aliphatic rings. The van der Waals surface area contributed by atoms with Crippen molar-refractivity contribution < 1.29 is 9.59 Å². The average molecular weight is 369 g/mol. The molecule has 7 heteroatoms. The molecule has 1 aromatic heterocycles. The number of carbonyl (C=O) groups is 2. The first-order chi connectivity index (χ1) is 13.2. The molecule has 27 heavy (non-hydrogen) atoms. The van der Waals surface area contributed by atoms with Gasteiger partial charge in [0, 0.05) is 45.1 Å². The molecule has 1 atom stereocenters. The van der Waals surface area contributed by atoms with Crippen LogP contribution in [0.1, 0.15) is 38.2 Å². The SMILES string of the molecule is CCC1CN(C(=O)CCCn2cncn2)CCC(=O)N1Cc1ccccc1. The summed E-state index contributed by atoms with van der Waals surface area (Å²) in [5.74, 6) is 0.242. The predicted molar refractivity (Wildman–Crippen MR) is 102 cm³/mol. The molecule has 0 radical (unpaired) electrons. The van der Waals surface area contributed by atoms with Crippen LogP contribution in [0.5, 0.6) is 0 Å². The van der Waals surface area contributed by atoms with Crippen LogP contribution in [0.4, 0.5) is 0 Å². The van der Waals surface area contributed by atoms with Crippen LogP contribution in [0.3, 0.4) is 0 Å². The number of amides is 2. The summed E-state index contributed by atoms with van der Waals surface area (Å²) in [7, 11) is 0. The Morgan fingerprint density at radius 1 is 1.26 bits per heavy atom. The lowest BCUT2D eigenvalue weighted by atomic mass is 10.1. The molecule has 2 amide bonds. The molecule has 1 unspecified atom stereocenters. The smallest absolute Gasteiger partial charge is 0.224 e. The lowest BCUT2D eigenvalue weighted by Gasteiger charge is -2.31. The van der Waals surface area contributed by atoms with Crippen molar-refractivity contribution >= 4 is 11.8 Å². The van der Waals surface area contributed by atoms with E-state index in [1.165, 1.54) is 6.33 Å². The molecule has 0 aliphatic carbocycles. The first-order valence-corrected chi connectivity index (χ1v) is 9.61. The molecule has 2 heterocycles. The number of carbonyl (C=O) groups excluding carboxylic acids is 2. The summed E-state index contributed by atoms with van der Waals surface area (Å²) in [5, 5.41) is 4.05. The van der Waals surface area contributed by atoms with Gasteiger partial charge in [0.2, 0.25) is 11.8 Å². The maximum absolute atomic E-state index is 12.7. The molecule has 1 aromatic carbocycles. The third kappa shape index (κ3) is 5.15. The molecule has 7 nitrogen and oxygen atoms in total. The molecule has 0 bridgehead atoms.